The van der Waals surface area contributed by atoms with E-state index in [9.17, 15) is 22.8 Å². The highest BCUT2D eigenvalue weighted by Crippen LogP contribution is 2.32. The molecule has 0 N–H and O–H groups in total. The Morgan fingerprint density at radius 2 is 1.31 bits per heavy atom. The molecule has 1 aliphatic carbocycles. The van der Waals surface area contributed by atoms with E-state index in [1.165, 1.54) is 0 Å². The highest BCUT2D eigenvalue weighted by atomic mass is 79.9. The summed E-state index contributed by atoms with van der Waals surface area (Å²) in [6.07, 6.45) is 2.86. The van der Waals surface area contributed by atoms with Crippen LogP contribution in [0.15, 0.2) is 21.2 Å². The largest absolute Gasteiger partial charge is 0.389 e. The van der Waals surface area contributed by atoms with E-state index < -0.39 is 12.6 Å². The standard InChI is InChI=1S/C20H28BrF3O2/c1-3-15-14(2)18(25)17(21)16(19(15)26)12-10-8-6-4-5-7-9-11-13-20(22,23)24/h3-13H2,1-2H3. The van der Waals surface area contributed by atoms with Gasteiger partial charge in [0, 0.05) is 23.1 Å². The molecule has 2 nitrogen and oxygen atoms in total. The molecule has 0 spiro atoms. The van der Waals surface area contributed by atoms with Crippen LogP contribution in [0.1, 0.15) is 84.5 Å². The topological polar surface area (TPSA) is 34.1 Å². The molecule has 0 saturated heterocycles. The van der Waals surface area contributed by atoms with E-state index in [0.29, 0.717) is 40.5 Å². The number of alkyl halides is 3. The zero-order chi connectivity index (χ0) is 19.7. The van der Waals surface area contributed by atoms with E-state index in [1.54, 1.807) is 6.92 Å². The summed E-state index contributed by atoms with van der Waals surface area (Å²) < 4.78 is 36.5. The first kappa shape index (κ1) is 23.1. The van der Waals surface area contributed by atoms with Gasteiger partial charge in [0.05, 0.1) is 4.48 Å². The summed E-state index contributed by atoms with van der Waals surface area (Å²) in [5, 5.41) is 0. The molecule has 0 heterocycles. The molecule has 0 bridgehead atoms. The second-order valence-corrected chi connectivity index (χ2v) is 7.64. The minimum atomic E-state index is -4.04. The predicted octanol–water partition coefficient (Wildman–Crippen LogP) is 6.98. The van der Waals surface area contributed by atoms with Gasteiger partial charge in [0.15, 0.2) is 11.6 Å². The van der Waals surface area contributed by atoms with Crippen molar-refractivity contribution in [2.75, 3.05) is 0 Å². The van der Waals surface area contributed by atoms with Crippen LogP contribution in [0.25, 0.3) is 0 Å². The molecule has 0 radical (unpaired) electrons. The highest BCUT2D eigenvalue weighted by molar-refractivity contribution is 9.12. The quantitative estimate of drug-likeness (QED) is 0.258. The fourth-order valence-corrected chi connectivity index (χ4v) is 3.90. The van der Waals surface area contributed by atoms with Crippen LogP contribution >= 0.6 is 15.9 Å². The molecule has 6 heteroatoms. The van der Waals surface area contributed by atoms with Crippen LogP contribution in [0, 0.1) is 0 Å². The number of hydrogen-bond acceptors (Lipinski definition) is 2. The summed E-state index contributed by atoms with van der Waals surface area (Å²) in [6.45, 7) is 3.58. The van der Waals surface area contributed by atoms with Crippen LogP contribution in [-0.4, -0.2) is 17.7 Å². The van der Waals surface area contributed by atoms with E-state index >= 15 is 0 Å². The zero-order valence-electron chi connectivity index (χ0n) is 15.6. The van der Waals surface area contributed by atoms with Crippen LogP contribution < -0.4 is 0 Å². The molecule has 26 heavy (non-hydrogen) atoms. The Labute approximate surface area is 162 Å². The second-order valence-electron chi connectivity index (χ2n) is 6.85. The van der Waals surface area contributed by atoms with Gasteiger partial charge < -0.3 is 0 Å². The molecular formula is C20H28BrF3O2. The van der Waals surface area contributed by atoms with Crippen molar-refractivity contribution in [1.82, 2.24) is 0 Å². The molecule has 0 aliphatic heterocycles. The Morgan fingerprint density at radius 3 is 1.81 bits per heavy atom. The molecule has 0 atom stereocenters. The number of ketones is 2. The molecule has 1 aliphatic rings. The number of unbranched alkanes of at least 4 members (excludes halogenated alkanes) is 7. The van der Waals surface area contributed by atoms with Gasteiger partial charge in [-0.1, -0.05) is 45.4 Å². The van der Waals surface area contributed by atoms with Crippen LogP contribution in [0.4, 0.5) is 13.2 Å². The molecular weight excluding hydrogens is 409 g/mol. The van der Waals surface area contributed by atoms with E-state index in [4.69, 9.17) is 0 Å². The molecule has 0 aromatic rings. The number of Topliss-reactive ketones (excluding diaryl/α,β-unsaturated/α-hetero) is 2. The number of allylic oxidation sites excluding steroid dienone is 4. The summed E-state index contributed by atoms with van der Waals surface area (Å²) in [5.41, 5.74) is 1.75. The third-order valence-electron chi connectivity index (χ3n) is 4.80. The Hall–Kier alpha value is -0.910. The monoisotopic (exact) mass is 436 g/mol. The first-order valence-corrected chi connectivity index (χ1v) is 10.2. The van der Waals surface area contributed by atoms with Crippen molar-refractivity contribution in [3.63, 3.8) is 0 Å². The van der Waals surface area contributed by atoms with E-state index in [0.717, 1.165) is 38.5 Å². The van der Waals surface area contributed by atoms with Gasteiger partial charge >= 0.3 is 6.18 Å². The van der Waals surface area contributed by atoms with Crippen molar-refractivity contribution in [2.45, 2.75) is 90.7 Å². The summed E-state index contributed by atoms with van der Waals surface area (Å²) in [7, 11) is 0. The Morgan fingerprint density at radius 1 is 0.808 bits per heavy atom. The molecule has 148 valence electrons. The number of carbonyl (C=O) groups excluding carboxylic acids is 2. The highest BCUT2D eigenvalue weighted by Gasteiger charge is 2.29. The van der Waals surface area contributed by atoms with Gasteiger partial charge in [-0.25, -0.2) is 0 Å². The lowest BCUT2D eigenvalue weighted by atomic mass is 9.86. The SMILES string of the molecule is CCC1=C(C)C(=O)C(Br)=C(CCCCCCCCCCC(F)(F)F)C1=O. The van der Waals surface area contributed by atoms with Gasteiger partial charge in [-0.3, -0.25) is 9.59 Å². The molecule has 0 unspecified atom stereocenters. The fraction of sp³-hybridized carbons (Fsp3) is 0.700. The van der Waals surface area contributed by atoms with E-state index in [2.05, 4.69) is 15.9 Å². The normalized spacial score (nSPS) is 16.1. The fourth-order valence-electron chi connectivity index (χ4n) is 3.23. The molecule has 1 rings (SSSR count). The maximum atomic E-state index is 12.5. The van der Waals surface area contributed by atoms with Crippen molar-refractivity contribution in [2.24, 2.45) is 0 Å². The van der Waals surface area contributed by atoms with Crippen molar-refractivity contribution >= 4 is 27.5 Å². The van der Waals surface area contributed by atoms with Crippen molar-refractivity contribution in [3.05, 3.63) is 21.2 Å². The minimum Gasteiger partial charge on any atom is -0.289 e. The number of halogens is 4. The third kappa shape index (κ3) is 7.37. The van der Waals surface area contributed by atoms with Crippen LogP contribution in [-0.2, 0) is 9.59 Å². The summed E-state index contributed by atoms with van der Waals surface area (Å²) in [4.78, 5) is 24.7. The van der Waals surface area contributed by atoms with E-state index in [-0.39, 0.29) is 18.0 Å². The predicted molar refractivity (Wildman–Crippen MR) is 101 cm³/mol. The smallest absolute Gasteiger partial charge is 0.289 e. The van der Waals surface area contributed by atoms with Gasteiger partial charge in [-0.2, -0.15) is 13.2 Å². The summed E-state index contributed by atoms with van der Waals surface area (Å²) >= 11 is 3.28. The maximum Gasteiger partial charge on any atom is 0.389 e. The van der Waals surface area contributed by atoms with Crippen molar-refractivity contribution in [3.8, 4) is 0 Å². The van der Waals surface area contributed by atoms with Gasteiger partial charge in [0.2, 0.25) is 0 Å². The molecule has 0 fully saturated rings. The summed E-state index contributed by atoms with van der Waals surface area (Å²) in [5.74, 6) is -0.101. The summed E-state index contributed by atoms with van der Waals surface area (Å²) in [6, 6.07) is 0. The average molecular weight is 437 g/mol. The van der Waals surface area contributed by atoms with Gasteiger partial charge in [0.1, 0.15) is 0 Å². The average Bonchev–Trinajstić information content (AvgIpc) is 2.56. The number of hydrogen-bond donors (Lipinski definition) is 0. The van der Waals surface area contributed by atoms with Crippen LogP contribution in [0.3, 0.4) is 0 Å². The van der Waals surface area contributed by atoms with E-state index in [1.807, 2.05) is 6.92 Å². The number of carbonyl (C=O) groups is 2. The Kier molecular flexibility index (Phi) is 9.83. The van der Waals surface area contributed by atoms with Gasteiger partial charge in [-0.05, 0) is 48.5 Å². The van der Waals surface area contributed by atoms with Crippen molar-refractivity contribution in [1.29, 1.82) is 0 Å². The first-order valence-electron chi connectivity index (χ1n) is 9.43. The molecule has 0 aromatic heterocycles. The zero-order valence-corrected chi connectivity index (χ0v) is 17.2. The maximum absolute atomic E-state index is 12.5. The lowest BCUT2D eigenvalue weighted by Gasteiger charge is -2.19. The Bertz CT molecular complexity index is 574. The second kappa shape index (κ2) is 11.1. The third-order valence-corrected chi connectivity index (χ3v) is 5.64. The number of rotatable bonds is 11. The molecule has 0 aromatic carbocycles. The lowest BCUT2D eigenvalue weighted by molar-refractivity contribution is -0.135. The lowest BCUT2D eigenvalue weighted by Crippen LogP contribution is -2.20. The van der Waals surface area contributed by atoms with Crippen LogP contribution in [0.2, 0.25) is 0 Å². The van der Waals surface area contributed by atoms with Gasteiger partial charge in [-0.15, -0.1) is 0 Å². The minimum absolute atomic E-state index is 0.0128. The molecule has 0 amide bonds. The van der Waals surface area contributed by atoms with Crippen molar-refractivity contribution < 1.29 is 22.8 Å². The van der Waals surface area contributed by atoms with Gasteiger partial charge in [0.25, 0.3) is 0 Å². The first-order chi connectivity index (χ1) is 12.2. The van der Waals surface area contributed by atoms with Crippen LogP contribution in [0.5, 0.6) is 0 Å². The Balaban J connectivity index is 2.22. The molecule has 0 saturated carbocycles.